The minimum absolute atomic E-state index is 0.222. The molecule has 122 valence electrons. The highest BCUT2D eigenvalue weighted by Gasteiger charge is 2.23. The standard InChI is InChI=1S/C17H22N4OS/c1-14-4-2-3-5-16(14)23-15-6-9-20(10-7-15)17(22)8-11-21-13-18-12-19-21/h2-5,12-13,15H,6-11H2,1H3. The third-order valence-corrected chi connectivity index (χ3v) is 5.72. The highest BCUT2D eigenvalue weighted by atomic mass is 32.2. The van der Waals surface area contributed by atoms with Gasteiger partial charge in [0.15, 0.2) is 0 Å². The van der Waals surface area contributed by atoms with Gasteiger partial charge in [-0.05, 0) is 31.4 Å². The Morgan fingerprint density at radius 2 is 2.09 bits per heavy atom. The summed E-state index contributed by atoms with van der Waals surface area (Å²) in [4.78, 5) is 19.5. The molecule has 0 bridgehead atoms. The number of rotatable bonds is 5. The molecule has 0 saturated carbocycles. The van der Waals surface area contributed by atoms with Crippen molar-refractivity contribution in [1.29, 1.82) is 0 Å². The lowest BCUT2D eigenvalue weighted by Gasteiger charge is -2.32. The summed E-state index contributed by atoms with van der Waals surface area (Å²) in [6.07, 6.45) is 5.78. The van der Waals surface area contributed by atoms with Crippen LogP contribution in [-0.4, -0.2) is 43.9 Å². The van der Waals surface area contributed by atoms with Gasteiger partial charge >= 0.3 is 0 Å². The maximum atomic E-state index is 12.3. The van der Waals surface area contributed by atoms with Crippen LogP contribution in [-0.2, 0) is 11.3 Å². The molecule has 0 unspecified atom stereocenters. The summed E-state index contributed by atoms with van der Waals surface area (Å²) < 4.78 is 1.71. The van der Waals surface area contributed by atoms with Gasteiger partial charge in [-0.15, -0.1) is 11.8 Å². The molecular formula is C17H22N4OS. The third kappa shape index (κ3) is 4.34. The van der Waals surface area contributed by atoms with Crippen LogP contribution in [0.25, 0.3) is 0 Å². The van der Waals surface area contributed by atoms with Crippen molar-refractivity contribution in [3.8, 4) is 0 Å². The van der Waals surface area contributed by atoms with Gasteiger partial charge in [0.1, 0.15) is 12.7 Å². The monoisotopic (exact) mass is 330 g/mol. The molecule has 0 radical (unpaired) electrons. The zero-order chi connectivity index (χ0) is 16.1. The van der Waals surface area contributed by atoms with Gasteiger partial charge in [0.25, 0.3) is 0 Å². The maximum Gasteiger partial charge on any atom is 0.224 e. The smallest absolute Gasteiger partial charge is 0.224 e. The van der Waals surface area contributed by atoms with Crippen molar-refractivity contribution in [2.24, 2.45) is 0 Å². The van der Waals surface area contributed by atoms with E-state index >= 15 is 0 Å². The molecule has 1 aliphatic heterocycles. The van der Waals surface area contributed by atoms with E-state index in [1.807, 2.05) is 16.7 Å². The Hall–Kier alpha value is -1.82. The number of aromatic nitrogens is 3. The first kappa shape index (κ1) is 16.1. The molecule has 2 aromatic rings. The number of nitrogens with zero attached hydrogens (tertiary/aromatic N) is 4. The maximum absolute atomic E-state index is 12.3. The van der Waals surface area contributed by atoms with Crippen molar-refractivity contribution < 1.29 is 4.79 Å². The summed E-state index contributed by atoms with van der Waals surface area (Å²) in [5.41, 5.74) is 1.34. The van der Waals surface area contributed by atoms with Crippen molar-refractivity contribution >= 4 is 17.7 Å². The summed E-state index contributed by atoms with van der Waals surface area (Å²) in [5, 5.41) is 4.64. The lowest BCUT2D eigenvalue weighted by molar-refractivity contribution is -0.132. The molecule has 0 atom stereocenters. The van der Waals surface area contributed by atoms with Gasteiger partial charge in [0.2, 0.25) is 5.91 Å². The summed E-state index contributed by atoms with van der Waals surface area (Å²) in [7, 11) is 0. The zero-order valence-corrected chi connectivity index (χ0v) is 14.2. The second-order valence-electron chi connectivity index (χ2n) is 5.87. The summed E-state index contributed by atoms with van der Waals surface area (Å²) >= 11 is 1.96. The van der Waals surface area contributed by atoms with Gasteiger partial charge in [-0.3, -0.25) is 9.48 Å². The van der Waals surface area contributed by atoms with Crippen LogP contribution in [0, 0.1) is 6.92 Å². The Kier molecular flexibility index (Phi) is 5.33. The Labute approximate surface area is 141 Å². The first-order valence-electron chi connectivity index (χ1n) is 8.05. The quantitative estimate of drug-likeness (QED) is 0.846. The molecule has 5 nitrogen and oxygen atoms in total. The Morgan fingerprint density at radius 1 is 1.30 bits per heavy atom. The van der Waals surface area contributed by atoms with Crippen LogP contribution in [0.4, 0.5) is 0 Å². The van der Waals surface area contributed by atoms with Crippen LogP contribution in [0.1, 0.15) is 24.8 Å². The van der Waals surface area contributed by atoms with Crippen LogP contribution in [0.5, 0.6) is 0 Å². The predicted octanol–water partition coefficient (Wildman–Crippen LogP) is 2.76. The van der Waals surface area contributed by atoms with Crippen molar-refractivity contribution in [2.45, 2.75) is 42.9 Å². The van der Waals surface area contributed by atoms with E-state index in [4.69, 9.17) is 0 Å². The van der Waals surface area contributed by atoms with Crippen LogP contribution in [0.2, 0.25) is 0 Å². The molecule has 1 amide bonds. The van der Waals surface area contributed by atoms with Crippen LogP contribution in [0.3, 0.4) is 0 Å². The average molecular weight is 330 g/mol. The van der Waals surface area contributed by atoms with Crippen LogP contribution >= 0.6 is 11.8 Å². The van der Waals surface area contributed by atoms with E-state index in [2.05, 4.69) is 41.3 Å². The normalized spacial score (nSPS) is 15.8. The van der Waals surface area contributed by atoms with E-state index in [0.717, 1.165) is 25.9 Å². The Morgan fingerprint density at radius 3 is 2.78 bits per heavy atom. The van der Waals surface area contributed by atoms with E-state index < -0.39 is 0 Å². The minimum atomic E-state index is 0.222. The number of benzene rings is 1. The van der Waals surface area contributed by atoms with E-state index in [0.29, 0.717) is 18.2 Å². The molecule has 1 aromatic heterocycles. The van der Waals surface area contributed by atoms with Crippen LogP contribution in [0.15, 0.2) is 41.8 Å². The predicted molar refractivity (Wildman–Crippen MR) is 91.3 cm³/mol. The molecule has 1 fully saturated rings. The molecule has 0 N–H and O–H groups in total. The topological polar surface area (TPSA) is 51.0 Å². The summed E-state index contributed by atoms with van der Waals surface area (Å²) in [6, 6.07) is 8.52. The first-order valence-corrected chi connectivity index (χ1v) is 8.93. The highest BCUT2D eigenvalue weighted by Crippen LogP contribution is 2.32. The molecule has 6 heteroatoms. The summed E-state index contributed by atoms with van der Waals surface area (Å²) in [5.74, 6) is 0.222. The van der Waals surface area contributed by atoms with Gasteiger partial charge in [-0.2, -0.15) is 5.10 Å². The Balaban J connectivity index is 1.44. The fraction of sp³-hybridized carbons (Fsp3) is 0.471. The number of hydrogen-bond acceptors (Lipinski definition) is 4. The molecular weight excluding hydrogens is 308 g/mol. The number of carbonyl (C=O) groups excluding carboxylic acids is 1. The lowest BCUT2D eigenvalue weighted by Crippen LogP contribution is -2.39. The second kappa shape index (κ2) is 7.64. The first-order chi connectivity index (χ1) is 11.2. The number of aryl methyl sites for hydroxylation is 2. The number of amides is 1. The van der Waals surface area contributed by atoms with Gasteiger partial charge in [0, 0.05) is 29.7 Å². The van der Waals surface area contributed by atoms with Crippen molar-refractivity contribution in [1.82, 2.24) is 19.7 Å². The van der Waals surface area contributed by atoms with Gasteiger partial charge < -0.3 is 4.90 Å². The highest BCUT2D eigenvalue weighted by molar-refractivity contribution is 8.00. The molecule has 1 aliphatic rings. The number of thioether (sulfide) groups is 1. The largest absolute Gasteiger partial charge is 0.343 e. The number of piperidine rings is 1. The van der Waals surface area contributed by atoms with Crippen LogP contribution < -0.4 is 0 Å². The molecule has 2 heterocycles. The van der Waals surface area contributed by atoms with E-state index in [1.165, 1.54) is 16.8 Å². The van der Waals surface area contributed by atoms with E-state index in [1.54, 1.807) is 11.0 Å². The number of carbonyl (C=O) groups is 1. The minimum Gasteiger partial charge on any atom is -0.343 e. The third-order valence-electron chi connectivity index (χ3n) is 4.20. The lowest BCUT2D eigenvalue weighted by atomic mass is 10.1. The van der Waals surface area contributed by atoms with Crippen molar-refractivity contribution in [2.75, 3.05) is 13.1 Å². The summed E-state index contributed by atoms with van der Waals surface area (Å²) in [6.45, 7) is 4.49. The van der Waals surface area contributed by atoms with E-state index in [-0.39, 0.29) is 5.91 Å². The number of hydrogen-bond donors (Lipinski definition) is 0. The SMILES string of the molecule is Cc1ccccc1SC1CCN(C(=O)CCn2cncn2)CC1. The van der Waals surface area contributed by atoms with Gasteiger partial charge in [-0.25, -0.2) is 4.98 Å². The van der Waals surface area contributed by atoms with Gasteiger partial charge in [-0.1, -0.05) is 18.2 Å². The molecule has 0 aliphatic carbocycles. The molecule has 23 heavy (non-hydrogen) atoms. The average Bonchev–Trinajstić information content (AvgIpc) is 3.09. The molecule has 3 rings (SSSR count). The molecule has 1 aromatic carbocycles. The number of likely N-dealkylation sites (tertiary alicyclic amines) is 1. The fourth-order valence-corrected chi connectivity index (χ4v) is 4.02. The second-order valence-corrected chi connectivity index (χ2v) is 7.21. The Bertz CT molecular complexity index is 636. The molecule has 0 spiro atoms. The van der Waals surface area contributed by atoms with Gasteiger partial charge in [0.05, 0.1) is 6.54 Å². The zero-order valence-electron chi connectivity index (χ0n) is 13.4. The molecule has 1 saturated heterocycles. The fourth-order valence-electron chi connectivity index (χ4n) is 2.81. The van der Waals surface area contributed by atoms with Crippen molar-refractivity contribution in [3.63, 3.8) is 0 Å². The van der Waals surface area contributed by atoms with Crippen molar-refractivity contribution in [3.05, 3.63) is 42.5 Å². The van der Waals surface area contributed by atoms with E-state index in [9.17, 15) is 4.79 Å².